The molecule has 204 valence electrons. The largest absolute Gasteiger partial charge is 0.448 e. The van der Waals surface area contributed by atoms with E-state index in [1.54, 1.807) is 5.57 Å². The summed E-state index contributed by atoms with van der Waals surface area (Å²) in [5, 5.41) is 11.2. The fraction of sp³-hybridized carbons (Fsp3) is 0.676. The molecular weight excluding hydrogens is 472 g/mol. The van der Waals surface area contributed by atoms with Crippen LogP contribution < -0.4 is 9.47 Å². The molecular formula is C34H44O4. The summed E-state index contributed by atoms with van der Waals surface area (Å²) in [4.78, 5) is 12.3. The fourth-order valence-corrected chi connectivity index (χ4v) is 10.3. The van der Waals surface area contributed by atoms with Crippen LogP contribution in [0.5, 0.6) is 11.5 Å². The number of hydrogen-bond donors (Lipinski definition) is 1. The number of fused-ring (bicyclic) bond motifs is 5. The molecule has 6 aliphatic rings. The lowest BCUT2D eigenvalue weighted by atomic mass is 9.53. The van der Waals surface area contributed by atoms with Crippen molar-refractivity contribution >= 4 is 5.78 Å². The Kier molecular flexibility index (Phi) is 5.24. The van der Waals surface area contributed by atoms with E-state index < -0.39 is 5.79 Å². The molecule has 4 heteroatoms. The smallest absolute Gasteiger partial charge is 0.252 e. The van der Waals surface area contributed by atoms with Gasteiger partial charge in [-0.25, -0.2) is 0 Å². The van der Waals surface area contributed by atoms with Crippen molar-refractivity contribution in [3.05, 3.63) is 46.6 Å². The predicted octanol–water partition coefficient (Wildman–Crippen LogP) is 7.65. The molecule has 0 aromatic heterocycles. The van der Waals surface area contributed by atoms with Crippen LogP contribution in [-0.2, 0) is 4.79 Å². The summed E-state index contributed by atoms with van der Waals surface area (Å²) in [6.45, 7) is 11.7. The van der Waals surface area contributed by atoms with Crippen molar-refractivity contribution in [2.24, 2.45) is 28.1 Å². The van der Waals surface area contributed by atoms with Gasteiger partial charge in [-0.05, 0) is 108 Å². The molecule has 3 saturated carbocycles. The van der Waals surface area contributed by atoms with E-state index in [4.69, 9.17) is 9.47 Å². The molecule has 5 aliphatic carbocycles. The maximum absolute atomic E-state index is 12.3. The van der Waals surface area contributed by atoms with Gasteiger partial charge in [-0.15, -0.1) is 0 Å². The lowest BCUT2D eigenvalue weighted by molar-refractivity contribution is -0.165. The summed E-state index contributed by atoms with van der Waals surface area (Å²) in [6, 6.07) is 6.65. The van der Waals surface area contributed by atoms with Gasteiger partial charge >= 0.3 is 0 Å². The highest BCUT2D eigenvalue weighted by molar-refractivity contribution is 5.93. The zero-order chi connectivity index (χ0) is 26.7. The normalized spacial score (nSPS) is 37.9. The molecule has 0 radical (unpaired) electrons. The molecule has 1 spiro atoms. The van der Waals surface area contributed by atoms with Crippen LogP contribution in [0.25, 0.3) is 0 Å². The summed E-state index contributed by atoms with van der Waals surface area (Å²) in [5.74, 6) is 2.69. The minimum Gasteiger partial charge on any atom is -0.448 e. The Morgan fingerprint density at radius 1 is 0.868 bits per heavy atom. The van der Waals surface area contributed by atoms with Crippen LogP contribution in [0.3, 0.4) is 0 Å². The van der Waals surface area contributed by atoms with E-state index in [2.05, 4.69) is 52.8 Å². The fourth-order valence-electron chi connectivity index (χ4n) is 10.3. The van der Waals surface area contributed by atoms with Gasteiger partial charge in [0.1, 0.15) is 0 Å². The van der Waals surface area contributed by atoms with Gasteiger partial charge in [0.2, 0.25) is 0 Å². The number of benzene rings is 1. The molecule has 3 unspecified atom stereocenters. The van der Waals surface area contributed by atoms with E-state index in [1.165, 1.54) is 16.7 Å². The quantitative estimate of drug-likeness (QED) is 0.416. The molecule has 1 aromatic carbocycles. The molecule has 0 amide bonds. The van der Waals surface area contributed by atoms with Gasteiger partial charge in [-0.3, -0.25) is 4.79 Å². The minimum atomic E-state index is -0.591. The van der Waals surface area contributed by atoms with Crippen molar-refractivity contribution in [2.75, 3.05) is 0 Å². The first-order valence-corrected chi connectivity index (χ1v) is 15.0. The predicted molar refractivity (Wildman–Crippen MR) is 148 cm³/mol. The van der Waals surface area contributed by atoms with E-state index in [1.807, 2.05) is 6.08 Å². The second-order valence-electron chi connectivity index (χ2n) is 15.4. The van der Waals surface area contributed by atoms with Gasteiger partial charge < -0.3 is 14.6 Å². The van der Waals surface area contributed by atoms with E-state index in [0.29, 0.717) is 18.3 Å². The molecule has 38 heavy (non-hydrogen) atoms. The van der Waals surface area contributed by atoms with Gasteiger partial charge in [0.15, 0.2) is 17.3 Å². The number of carbonyl (C=O) groups excluding carboxylic acids is 1. The molecule has 1 aliphatic heterocycles. The highest BCUT2D eigenvalue weighted by Gasteiger charge is 2.57. The number of carbonyl (C=O) groups is 1. The Morgan fingerprint density at radius 2 is 1.61 bits per heavy atom. The number of aliphatic hydroxyl groups is 1. The van der Waals surface area contributed by atoms with Crippen LogP contribution in [0.2, 0.25) is 0 Å². The SMILES string of the molecule is CC1(C)CC(C)(C)CC2(C1)Oc1ccc([C@H]3CC4(C)C(CC[C@@H]4O)C4CCC5=CC(=O)CCC5=C43)cc1O2. The molecule has 1 aromatic rings. The Balaban J connectivity index is 1.29. The Labute approximate surface area is 227 Å². The maximum Gasteiger partial charge on any atom is 0.252 e. The van der Waals surface area contributed by atoms with E-state index in [-0.39, 0.29) is 34.1 Å². The first-order chi connectivity index (χ1) is 17.9. The van der Waals surface area contributed by atoms with Crippen LogP contribution >= 0.6 is 0 Å². The molecule has 5 atom stereocenters. The van der Waals surface area contributed by atoms with Crippen molar-refractivity contribution in [3.63, 3.8) is 0 Å². The van der Waals surface area contributed by atoms with Crippen molar-refractivity contribution in [3.8, 4) is 11.5 Å². The summed E-state index contributed by atoms with van der Waals surface area (Å²) in [7, 11) is 0. The molecule has 7 rings (SSSR count). The zero-order valence-electron chi connectivity index (χ0n) is 23.9. The average Bonchev–Trinajstić information content (AvgIpc) is 3.30. The third-order valence-corrected chi connectivity index (χ3v) is 11.1. The first kappa shape index (κ1) is 24.9. The van der Waals surface area contributed by atoms with Crippen LogP contribution in [0.4, 0.5) is 0 Å². The number of hydrogen-bond acceptors (Lipinski definition) is 4. The highest BCUT2D eigenvalue weighted by atomic mass is 16.7. The lowest BCUT2D eigenvalue weighted by Gasteiger charge is -2.52. The minimum absolute atomic E-state index is 0.0693. The van der Waals surface area contributed by atoms with Gasteiger partial charge in [0.25, 0.3) is 5.79 Å². The molecule has 3 fully saturated rings. The van der Waals surface area contributed by atoms with E-state index >= 15 is 0 Å². The number of allylic oxidation sites excluding steroid dienone is 4. The van der Waals surface area contributed by atoms with Crippen LogP contribution in [0, 0.1) is 28.1 Å². The molecule has 4 nitrogen and oxygen atoms in total. The second kappa shape index (κ2) is 7.99. The van der Waals surface area contributed by atoms with Gasteiger partial charge in [-0.1, -0.05) is 46.3 Å². The standard InChI is InChI=1S/C34H44O4/c1-31(2)17-32(3,4)19-34(18-31)37-27-12-7-21(15-28(27)38-34)25-16-33(5)26(11-13-29(33)36)24-9-6-20-14-22(35)8-10-23(20)30(24)25/h7,12,14-15,24-26,29,36H,6,8-11,13,16-19H2,1-5H3/t24?,25-,26?,29+,33?/m1/s1. The van der Waals surface area contributed by atoms with E-state index in [0.717, 1.165) is 69.3 Å². The third-order valence-electron chi connectivity index (χ3n) is 11.1. The number of aliphatic hydroxyl groups excluding tert-OH is 1. The second-order valence-corrected chi connectivity index (χ2v) is 15.4. The van der Waals surface area contributed by atoms with Crippen LogP contribution in [0.15, 0.2) is 41.0 Å². The zero-order valence-corrected chi connectivity index (χ0v) is 23.9. The molecule has 0 saturated heterocycles. The summed E-state index contributed by atoms with van der Waals surface area (Å²) < 4.78 is 13.4. The first-order valence-electron chi connectivity index (χ1n) is 15.0. The van der Waals surface area contributed by atoms with Crippen molar-refractivity contribution in [1.82, 2.24) is 0 Å². The number of ether oxygens (including phenoxy) is 2. The van der Waals surface area contributed by atoms with Crippen LogP contribution in [-0.4, -0.2) is 22.8 Å². The molecule has 1 heterocycles. The topological polar surface area (TPSA) is 55.8 Å². The number of ketones is 1. The van der Waals surface area contributed by atoms with Crippen molar-refractivity contribution in [1.29, 1.82) is 0 Å². The van der Waals surface area contributed by atoms with Crippen molar-refractivity contribution in [2.45, 2.75) is 117 Å². The Hall–Kier alpha value is -2.07. The van der Waals surface area contributed by atoms with E-state index in [9.17, 15) is 9.90 Å². The van der Waals surface area contributed by atoms with Crippen LogP contribution in [0.1, 0.15) is 110 Å². The number of rotatable bonds is 1. The monoisotopic (exact) mass is 516 g/mol. The van der Waals surface area contributed by atoms with Crippen molar-refractivity contribution < 1.29 is 19.4 Å². The Morgan fingerprint density at radius 3 is 2.37 bits per heavy atom. The van der Waals surface area contributed by atoms with Gasteiger partial charge in [0, 0.05) is 25.2 Å². The maximum atomic E-state index is 12.3. The van der Waals surface area contributed by atoms with Gasteiger partial charge in [-0.2, -0.15) is 0 Å². The third kappa shape index (κ3) is 3.76. The average molecular weight is 517 g/mol. The highest BCUT2D eigenvalue weighted by Crippen LogP contribution is 2.64. The Bertz CT molecular complexity index is 1250. The lowest BCUT2D eigenvalue weighted by Crippen LogP contribution is -2.51. The summed E-state index contributed by atoms with van der Waals surface area (Å²) in [6.07, 6.45) is 11.2. The summed E-state index contributed by atoms with van der Waals surface area (Å²) >= 11 is 0. The van der Waals surface area contributed by atoms with Gasteiger partial charge in [0.05, 0.1) is 6.10 Å². The molecule has 0 bridgehead atoms. The summed E-state index contributed by atoms with van der Waals surface area (Å²) in [5.41, 5.74) is 5.83. The molecule has 1 N–H and O–H groups in total.